The van der Waals surface area contributed by atoms with Crippen LogP contribution in [0.15, 0.2) is 22.7 Å². The van der Waals surface area contributed by atoms with E-state index in [-0.39, 0.29) is 11.4 Å². The molecule has 1 aliphatic rings. The second kappa shape index (κ2) is 6.66. The Kier molecular flexibility index (Phi) is 5.31. The number of benzene rings is 1. The number of halogens is 2. The van der Waals surface area contributed by atoms with Crippen molar-refractivity contribution < 1.29 is 4.39 Å². The number of nitrogens with zero attached hydrogens (tertiary/aromatic N) is 1. The molecule has 4 heteroatoms. The van der Waals surface area contributed by atoms with Crippen LogP contribution in [-0.2, 0) is 0 Å². The van der Waals surface area contributed by atoms with Crippen molar-refractivity contribution in [3.05, 3.63) is 28.5 Å². The second-order valence-corrected chi connectivity index (χ2v) is 7.32. The topological polar surface area (TPSA) is 15.3 Å². The number of hydrogen-bond acceptors (Lipinski definition) is 2. The third kappa shape index (κ3) is 3.42. The number of anilines is 1. The summed E-state index contributed by atoms with van der Waals surface area (Å²) < 4.78 is 15.3. The molecular formula is C17H26BrFN2. The van der Waals surface area contributed by atoms with Crippen molar-refractivity contribution in [2.24, 2.45) is 5.92 Å². The van der Waals surface area contributed by atoms with Crippen LogP contribution < -0.4 is 10.2 Å². The number of piperazine rings is 1. The van der Waals surface area contributed by atoms with Gasteiger partial charge in [0.2, 0.25) is 0 Å². The Balaban J connectivity index is 2.40. The predicted molar refractivity (Wildman–Crippen MR) is 91.4 cm³/mol. The SMILES string of the molecule is CCC1(CC)CN(c2cc(Br)ccc2F)C(C(C)C)CN1. The molecule has 0 spiro atoms. The molecule has 1 N–H and O–H groups in total. The third-order valence-electron chi connectivity index (χ3n) is 4.90. The van der Waals surface area contributed by atoms with Gasteiger partial charge in [0.15, 0.2) is 0 Å². The summed E-state index contributed by atoms with van der Waals surface area (Å²) in [6.45, 7) is 10.6. The van der Waals surface area contributed by atoms with E-state index in [0.717, 1.165) is 36.1 Å². The fraction of sp³-hybridized carbons (Fsp3) is 0.647. The van der Waals surface area contributed by atoms with Crippen LogP contribution in [0.3, 0.4) is 0 Å². The van der Waals surface area contributed by atoms with Crippen molar-refractivity contribution in [3.8, 4) is 0 Å². The molecule has 0 aromatic heterocycles. The normalized spacial score (nSPS) is 21.9. The molecule has 0 saturated carbocycles. The molecule has 1 fully saturated rings. The van der Waals surface area contributed by atoms with Crippen LogP contribution in [0.4, 0.5) is 10.1 Å². The minimum absolute atomic E-state index is 0.0835. The van der Waals surface area contributed by atoms with Gasteiger partial charge in [0, 0.05) is 29.1 Å². The molecular weight excluding hydrogens is 331 g/mol. The van der Waals surface area contributed by atoms with E-state index in [1.165, 1.54) is 0 Å². The van der Waals surface area contributed by atoms with E-state index in [4.69, 9.17) is 0 Å². The second-order valence-electron chi connectivity index (χ2n) is 6.40. The molecule has 1 atom stereocenters. The van der Waals surface area contributed by atoms with E-state index >= 15 is 0 Å². The lowest BCUT2D eigenvalue weighted by Crippen LogP contribution is -2.65. The van der Waals surface area contributed by atoms with Gasteiger partial charge < -0.3 is 10.2 Å². The van der Waals surface area contributed by atoms with E-state index < -0.39 is 0 Å². The average Bonchev–Trinajstić information content (AvgIpc) is 2.49. The van der Waals surface area contributed by atoms with Gasteiger partial charge >= 0.3 is 0 Å². The zero-order valence-corrected chi connectivity index (χ0v) is 15.0. The lowest BCUT2D eigenvalue weighted by atomic mass is 9.86. The van der Waals surface area contributed by atoms with E-state index in [0.29, 0.717) is 12.0 Å². The highest BCUT2D eigenvalue weighted by atomic mass is 79.9. The van der Waals surface area contributed by atoms with Gasteiger partial charge in [0.1, 0.15) is 5.82 Å². The quantitative estimate of drug-likeness (QED) is 0.849. The molecule has 21 heavy (non-hydrogen) atoms. The van der Waals surface area contributed by atoms with Gasteiger partial charge in [-0.05, 0) is 37.0 Å². The molecule has 1 saturated heterocycles. The van der Waals surface area contributed by atoms with Crippen LogP contribution in [0.1, 0.15) is 40.5 Å². The van der Waals surface area contributed by atoms with Crippen LogP contribution in [0, 0.1) is 11.7 Å². The Labute approximate surface area is 136 Å². The monoisotopic (exact) mass is 356 g/mol. The van der Waals surface area contributed by atoms with E-state index in [1.54, 1.807) is 12.1 Å². The summed E-state index contributed by atoms with van der Waals surface area (Å²) in [5, 5.41) is 3.72. The molecule has 0 radical (unpaired) electrons. The van der Waals surface area contributed by atoms with Gasteiger partial charge in [-0.3, -0.25) is 0 Å². The summed E-state index contributed by atoms with van der Waals surface area (Å²) in [5.41, 5.74) is 0.802. The largest absolute Gasteiger partial charge is 0.363 e. The summed E-state index contributed by atoms with van der Waals surface area (Å²) in [6.07, 6.45) is 2.11. The summed E-state index contributed by atoms with van der Waals surface area (Å²) in [4.78, 5) is 2.27. The van der Waals surface area contributed by atoms with E-state index in [9.17, 15) is 4.39 Å². The van der Waals surface area contributed by atoms with Gasteiger partial charge in [-0.15, -0.1) is 0 Å². The lowest BCUT2D eigenvalue weighted by Gasteiger charge is -2.50. The van der Waals surface area contributed by atoms with Gasteiger partial charge in [-0.25, -0.2) is 4.39 Å². The Hall–Kier alpha value is -0.610. The fourth-order valence-electron chi connectivity index (χ4n) is 3.22. The molecule has 2 rings (SSSR count). The smallest absolute Gasteiger partial charge is 0.146 e. The molecule has 118 valence electrons. The highest BCUT2D eigenvalue weighted by Gasteiger charge is 2.38. The van der Waals surface area contributed by atoms with Gasteiger partial charge in [0.25, 0.3) is 0 Å². The fourth-order valence-corrected chi connectivity index (χ4v) is 3.57. The van der Waals surface area contributed by atoms with Gasteiger partial charge in [0.05, 0.1) is 5.69 Å². The van der Waals surface area contributed by atoms with Crippen molar-refractivity contribution in [3.63, 3.8) is 0 Å². The maximum atomic E-state index is 14.4. The van der Waals surface area contributed by atoms with Crippen LogP contribution in [0.5, 0.6) is 0 Å². The number of nitrogens with one attached hydrogen (secondary N) is 1. The first-order chi connectivity index (χ1) is 9.92. The van der Waals surface area contributed by atoms with Crippen molar-refractivity contribution in [1.82, 2.24) is 5.32 Å². The third-order valence-corrected chi connectivity index (χ3v) is 5.39. The van der Waals surface area contributed by atoms with Gasteiger partial charge in [-0.1, -0.05) is 43.6 Å². The van der Waals surface area contributed by atoms with Crippen LogP contribution in [0.25, 0.3) is 0 Å². The van der Waals surface area contributed by atoms with E-state index in [2.05, 4.69) is 53.8 Å². The molecule has 1 aromatic rings. The predicted octanol–water partition coefficient (Wildman–Crippen LogP) is 4.58. The van der Waals surface area contributed by atoms with Crippen LogP contribution in [0.2, 0.25) is 0 Å². The first-order valence-corrected chi connectivity index (χ1v) is 8.68. The molecule has 0 bridgehead atoms. The minimum atomic E-state index is -0.133. The summed E-state index contributed by atoms with van der Waals surface area (Å²) >= 11 is 3.47. The zero-order chi connectivity index (χ0) is 15.6. The molecule has 2 nitrogen and oxygen atoms in total. The Morgan fingerprint density at radius 1 is 1.38 bits per heavy atom. The van der Waals surface area contributed by atoms with Crippen LogP contribution >= 0.6 is 15.9 Å². The molecule has 1 aliphatic heterocycles. The summed E-state index contributed by atoms with van der Waals surface area (Å²) in [5.74, 6) is 0.342. The van der Waals surface area contributed by atoms with Crippen LogP contribution in [-0.4, -0.2) is 24.7 Å². The number of hydrogen-bond donors (Lipinski definition) is 1. The molecule has 1 heterocycles. The highest BCUT2D eigenvalue weighted by molar-refractivity contribution is 9.10. The van der Waals surface area contributed by atoms with Crippen molar-refractivity contribution in [1.29, 1.82) is 0 Å². The van der Waals surface area contributed by atoms with Crippen molar-refractivity contribution in [2.75, 3.05) is 18.0 Å². The highest BCUT2D eigenvalue weighted by Crippen LogP contribution is 2.33. The Morgan fingerprint density at radius 2 is 2.05 bits per heavy atom. The maximum absolute atomic E-state index is 14.4. The first-order valence-electron chi connectivity index (χ1n) is 7.89. The number of rotatable bonds is 4. The summed E-state index contributed by atoms with van der Waals surface area (Å²) in [7, 11) is 0. The van der Waals surface area contributed by atoms with Crippen molar-refractivity contribution >= 4 is 21.6 Å². The summed E-state index contributed by atoms with van der Waals surface area (Å²) in [6, 6.07) is 5.54. The minimum Gasteiger partial charge on any atom is -0.363 e. The Morgan fingerprint density at radius 3 is 2.62 bits per heavy atom. The molecule has 1 aromatic carbocycles. The first kappa shape index (κ1) is 16.8. The maximum Gasteiger partial charge on any atom is 0.146 e. The molecule has 1 unspecified atom stereocenters. The standard InChI is InChI=1S/C17H26BrFN2/c1-5-17(6-2)11-21(16(10-20-17)12(3)4)15-9-13(18)7-8-14(15)19/h7-9,12,16,20H,5-6,10-11H2,1-4H3. The average molecular weight is 357 g/mol. The Bertz CT molecular complexity index is 486. The molecule has 0 amide bonds. The molecule has 0 aliphatic carbocycles. The lowest BCUT2D eigenvalue weighted by molar-refractivity contribution is 0.226. The van der Waals surface area contributed by atoms with Gasteiger partial charge in [-0.2, -0.15) is 0 Å². The van der Waals surface area contributed by atoms with Crippen molar-refractivity contribution in [2.45, 2.75) is 52.1 Å². The zero-order valence-electron chi connectivity index (χ0n) is 13.4. The van der Waals surface area contributed by atoms with E-state index in [1.807, 2.05) is 6.07 Å².